The fraction of sp³-hybridized carbons (Fsp3) is 0.182. The molecule has 0 atom stereocenters. The minimum Gasteiger partial charge on any atom is -0.398 e. The monoisotopic (exact) mass is 190 g/mol. The number of hydrogen-bond acceptors (Lipinski definition) is 2. The van der Waals surface area contributed by atoms with Gasteiger partial charge in [-0.3, -0.25) is 0 Å². The Morgan fingerprint density at radius 1 is 1.57 bits per heavy atom. The number of allylic oxidation sites excluding steroid dienone is 1. The lowest BCUT2D eigenvalue weighted by molar-refractivity contribution is 0.616. The van der Waals surface area contributed by atoms with Crippen molar-refractivity contribution < 1.29 is 4.39 Å². The number of hydrogen-bond donors (Lipinski definition) is 1. The van der Waals surface area contributed by atoms with Gasteiger partial charge in [0.15, 0.2) is 0 Å². The summed E-state index contributed by atoms with van der Waals surface area (Å²) in [6.07, 6.45) is 3.49. The number of anilines is 1. The molecule has 0 amide bonds. The van der Waals surface area contributed by atoms with Gasteiger partial charge < -0.3 is 5.73 Å². The third-order valence-corrected chi connectivity index (χ3v) is 1.96. The number of nitrogens with zero attached hydrogens (tertiary/aromatic N) is 1. The fourth-order valence-electron chi connectivity index (χ4n) is 1.09. The zero-order valence-corrected chi connectivity index (χ0v) is 7.92. The van der Waals surface area contributed by atoms with Gasteiger partial charge in [-0.2, -0.15) is 5.26 Å². The highest BCUT2D eigenvalue weighted by molar-refractivity contribution is 5.58. The van der Waals surface area contributed by atoms with E-state index in [4.69, 9.17) is 11.0 Å². The van der Waals surface area contributed by atoms with Crippen LogP contribution in [0.2, 0.25) is 0 Å². The molecular formula is C11H11FN2. The van der Waals surface area contributed by atoms with Crippen LogP contribution in [0, 0.1) is 24.1 Å². The van der Waals surface area contributed by atoms with Gasteiger partial charge in [0.05, 0.1) is 12.5 Å². The highest BCUT2D eigenvalue weighted by Gasteiger charge is 2.04. The molecular weight excluding hydrogens is 179 g/mol. The van der Waals surface area contributed by atoms with Crippen LogP contribution >= 0.6 is 0 Å². The predicted molar refractivity (Wildman–Crippen MR) is 54.8 cm³/mol. The van der Waals surface area contributed by atoms with Gasteiger partial charge >= 0.3 is 0 Å². The minimum absolute atomic E-state index is 0.281. The summed E-state index contributed by atoms with van der Waals surface area (Å²) in [5.74, 6) is -0.320. The van der Waals surface area contributed by atoms with Gasteiger partial charge in [0.1, 0.15) is 5.82 Å². The van der Waals surface area contributed by atoms with E-state index in [0.29, 0.717) is 16.8 Å². The molecule has 2 nitrogen and oxygen atoms in total. The van der Waals surface area contributed by atoms with Crippen LogP contribution in [0.25, 0.3) is 6.08 Å². The largest absolute Gasteiger partial charge is 0.398 e. The summed E-state index contributed by atoms with van der Waals surface area (Å²) in [7, 11) is 0. The van der Waals surface area contributed by atoms with Crippen LogP contribution < -0.4 is 5.73 Å². The van der Waals surface area contributed by atoms with Gasteiger partial charge in [0.2, 0.25) is 0 Å². The van der Waals surface area contributed by atoms with E-state index in [1.165, 1.54) is 0 Å². The Hall–Kier alpha value is -1.82. The number of nitriles is 1. The van der Waals surface area contributed by atoms with E-state index < -0.39 is 0 Å². The number of halogens is 1. The molecule has 0 heterocycles. The molecule has 0 aliphatic rings. The van der Waals surface area contributed by atoms with E-state index in [0.717, 1.165) is 0 Å². The molecule has 0 fully saturated rings. The first kappa shape index (κ1) is 10.3. The summed E-state index contributed by atoms with van der Waals surface area (Å²) in [6.45, 7) is 1.63. The summed E-state index contributed by atoms with van der Waals surface area (Å²) >= 11 is 0. The van der Waals surface area contributed by atoms with Crippen molar-refractivity contribution in [2.45, 2.75) is 13.3 Å². The lowest BCUT2D eigenvalue weighted by Gasteiger charge is -2.03. The van der Waals surface area contributed by atoms with Gasteiger partial charge in [0.25, 0.3) is 0 Å². The first-order chi connectivity index (χ1) is 6.66. The van der Waals surface area contributed by atoms with Crippen molar-refractivity contribution in [3.05, 3.63) is 35.2 Å². The zero-order chi connectivity index (χ0) is 10.6. The molecule has 0 spiro atoms. The molecule has 2 N–H and O–H groups in total. The average Bonchev–Trinajstić information content (AvgIpc) is 2.18. The van der Waals surface area contributed by atoms with Crippen molar-refractivity contribution in [2.24, 2.45) is 0 Å². The van der Waals surface area contributed by atoms with Crippen LogP contribution in [-0.2, 0) is 0 Å². The Bertz CT molecular complexity index is 402. The highest BCUT2D eigenvalue weighted by atomic mass is 19.1. The summed E-state index contributed by atoms with van der Waals surface area (Å²) < 4.78 is 13.5. The van der Waals surface area contributed by atoms with Gasteiger partial charge in [-0.15, -0.1) is 0 Å². The topological polar surface area (TPSA) is 49.8 Å². The van der Waals surface area contributed by atoms with Gasteiger partial charge in [-0.05, 0) is 19.1 Å². The molecule has 0 aromatic heterocycles. The summed E-state index contributed by atoms with van der Waals surface area (Å²) in [5.41, 5.74) is 6.89. The van der Waals surface area contributed by atoms with Crippen molar-refractivity contribution >= 4 is 11.8 Å². The lowest BCUT2D eigenvalue weighted by atomic mass is 10.1. The fourth-order valence-corrected chi connectivity index (χ4v) is 1.09. The maximum atomic E-state index is 13.5. The van der Waals surface area contributed by atoms with Gasteiger partial charge in [-0.25, -0.2) is 4.39 Å². The minimum atomic E-state index is -0.320. The Balaban J connectivity index is 3.01. The van der Waals surface area contributed by atoms with Crippen molar-refractivity contribution in [1.29, 1.82) is 5.26 Å². The molecule has 0 aliphatic heterocycles. The maximum absolute atomic E-state index is 13.5. The van der Waals surface area contributed by atoms with Crippen LogP contribution in [0.4, 0.5) is 10.1 Å². The SMILES string of the molecule is Cc1c(N)ccc(C=CCC#N)c1F. The second kappa shape index (κ2) is 4.43. The molecule has 1 rings (SSSR count). The second-order valence-electron chi connectivity index (χ2n) is 2.95. The van der Waals surface area contributed by atoms with Crippen LogP contribution in [0.3, 0.4) is 0 Å². The van der Waals surface area contributed by atoms with E-state index >= 15 is 0 Å². The number of nitrogens with two attached hydrogens (primary N) is 1. The Kier molecular flexibility index (Phi) is 3.24. The van der Waals surface area contributed by atoms with Crippen LogP contribution in [0.15, 0.2) is 18.2 Å². The van der Waals surface area contributed by atoms with Crippen LogP contribution in [0.1, 0.15) is 17.5 Å². The molecule has 0 radical (unpaired) electrons. The Morgan fingerprint density at radius 3 is 2.93 bits per heavy atom. The average molecular weight is 190 g/mol. The zero-order valence-electron chi connectivity index (χ0n) is 7.92. The smallest absolute Gasteiger partial charge is 0.135 e. The van der Waals surface area contributed by atoms with Crippen molar-refractivity contribution in [3.8, 4) is 6.07 Å². The van der Waals surface area contributed by atoms with Crippen molar-refractivity contribution in [2.75, 3.05) is 5.73 Å². The maximum Gasteiger partial charge on any atom is 0.135 e. The molecule has 0 unspecified atom stereocenters. The molecule has 0 aliphatic carbocycles. The number of rotatable bonds is 2. The van der Waals surface area contributed by atoms with Crippen molar-refractivity contribution in [3.63, 3.8) is 0 Å². The molecule has 1 aromatic carbocycles. The van der Waals surface area contributed by atoms with Crippen LogP contribution in [0.5, 0.6) is 0 Å². The van der Waals surface area contributed by atoms with E-state index in [-0.39, 0.29) is 12.2 Å². The lowest BCUT2D eigenvalue weighted by Crippen LogP contribution is -1.94. The summed E-state index contributed by atoms with van der Waals surface area (Å²) in [6, 6.07) is 5.21. The number of nitrogen functional groups attached to an aromatic ring is 1. The Morgan fingerprint density at radius 2 is 2.29 bits per heavy atom. The molecule has 0 saturated heterocycles. The first-order valence-electron chi connectivity index (χ1n) is 4.25. The van der Waals surface area contributed by atoms with E-state index in [1.807, 2.05) is 6.07 Å². The summed E-state index contributed by atoms with van der Waals surface area (Å²) in [4.78, 5) is 0. The molecule has 1 aromatic rings. The third kappa shape index (κ3) is 2.11. The van der Waals surface area contributed by atoms with Crippen molar-refractivity contribution in [1.82, 2.24) is 0 Å². The molecule has 72 valence electrons. The second-order valence-corrected chi connectivity index (χ2v) is 2.95. The summed E-state index contributed by atoms with van der Waals surface area (Å²) in [5, 5.41) is 8.30. The van der Waals surface area contributed by atoms with E-state index in [9.17, 15) is 4.39 Å². The quantitative estimate of drug-likeness (QED) is 0.729. The first-order valence-corrected chi connectivity index (χ1v) is 4.25. The van der Waals surface area contributed by atoms with Gasteiger partial charge in [-0.1, -0.05) is 12.2 Å². The Labute approximate surface area is 82.5 Å². The molecule has 14 heavy (non-hydrogen) atoms. The predicted octanol–water partition coefficient (Wildman–Crippen LogP) is 2.64. The highest BCUT2D eigenvalue weighted by Crippen LogP contribution is 2.19. The van der Waals surface area contributed by atoms with Crippen LogP contribution in [-0.4, -0.2) is 0 Å². The normalized spacial score (nSPS) is 10.4. The van der Waals surface area contributed by atoms with Gasteiger partial charge in [0, 0.05) is 16.8 Å². The molecule has 0 bridgehead atoms. The number of benzene rings is 1. The van der Waals surface area contributed by atoms with E-state index in [1.54, 1.807) is 31.2 Å². The molecule has 0 saturated carbocycles. The molecule has 3 heteroatoms. The third-order valence-electron chi connectivity index (χ3n) is 1.96. The standard InChI is InChI=1S/C11H11FN2/c1-8-10(14)6-5-9(11(8)12)4-2-3-7-13/h2,4-6H,3,14H2,1H3. The van der Waals surface area contributed by atoms with E-state index in [2.05, 4.69) is 0 Å².